The average Bonchev–Trinajstić information content (AvgIpc) is 3.15. The molecular formula is C19H12ClF3N4O. The SMILES string of the molecule is FC(F)(F)c1cc(-c2ccc(OCc3ccccc3Cl)cc2)nc2ncnn12. The Morgan fingerprint density at radius 3 is 2.50 bits per heavy atom. The van der Waals surface area contributed by atoms with Gasteiger partial charge in [0.15, 0.2) is 5.69 Å². The van der Waals surface area contributed by atoms with Gasteiger partial charge in [-0.1, -0.05) is 29.8 Å². The number of hydrogen-bond acceptors (Lipinski definition) is 4. The molecule has 2 aromatic heterocycles. The summed E-state index contributed by atoms with van der Waals surface area (Å²) in [6.45, 7) is 0.279. The molecular weight excluding hydrogens is 393 g/mol. The summed E-state index contributed by atoms with van der Waals surface area (Å²) in [5.41, 5.74) is 0.539. The van der Waals surface area contributed by atoms with Crippen molar-refractivity contribution in [1.29, 1.82) is 0 Å². The van der Waals surface area contributed by atoms with Crippen molar-refractivity contribution in [2.24, 2.45) is 0 Å². The van der Waals surface area contributed by atoms with E-state index in [1.807, 2.05) is 18.2 Å². The summed E-state index contributed by atoms with van der Waals surface area (Å²) in [5.74, 6) is 0.437. The number of alkyl halides is 3. The van der Waals surface area contributed by atoms with Gasteiger partial charge in [-0.2, -0.15) is 27.8 Å². The summed E-state index contributed by atoms with van der Waals surface area (Å²) in [7, 11) is 0. The molecule has 28 heavy (non-hydrogen) atoms. The van der Waals surface area contributed by atoms with Gasteiger partial charge in [-0.05, 0) is 36.4 Å². The van der Waals surface area contributed by atoms with Crippen LogP contribution in [-0.4, -0.2) is 19.6 Å². The Morgan fingerprint density at radius 1 is 1.04 bits per heavy atom. The topological polar surface area (TPSA) is 52.3 Å². The first-order chi connectivity index (χ1) is 13.4. The molecule has 5 nitrogen and oxygen atoms in total. The molecule has 0 aliphatic heterocycles. The fourth-order valence-electron chi connectivity index (χ4n) is 2.66. The maximum atomic E-state index is 13.3. The predicted molar refractivity (Wildman–Crippen MR) is 97.0 cm³/mol. The van der Waals surface area contributed by atoms with Gasteiger partial charge in [0.05, 0.1) is 5.69 Å². The fourth-order valence-corrected chi connectivity index (χ4v) is 2.85. The standard InChI is InChI=1S/C19H12ClF3N4O/c20-15-4-2-1-3-13(15)10-28-14-7-5-12(6-8-14)16-9-17(19(21,22)23)27-18(26-16)24-11-25-27/h1-9,11H,10H2. The lowest BCUT2D eigenvalue weighted by Gasteiger charge is -2.11. The molecule has 0 aliphatic rings. The molecule has 9 heteroatoms. The Balaban J connectivity index is 1.60. The first-order valence-corrected chi connectivity index (χ1v) is 8.54. The van der Waals surface area contributed by atoms with E-state index in [4.69, 9.17) is 16.3 Å². The molecule has 4 aromatic rings. The van der Waals surface area contributed by atoms with Gasteiger partial charge in [-0.15, -0.1) is 0 Å². The van der Waals surface area contributed by atoms with Gasteiger partial charge >= 0.3 is 6.18 Å². The fraction of sp³-hybridized carbons (Fsp3) is 0.105. The van der Waals surface area contributed by atoms with Crippen molar-refractivity contribution in [2.75, 3.05) is 0 Å². The number of nitrogens with zero attached hydrogens (tertiary/aromatic N) is 4. The molecule has 0 spiro atoms. The largest absolute Gasteiger partial charge is 0.489 e. The van der Waals surface area contributed by atoms with Crippen molar-refractivity contribution in [2.45, 2.75) is 12.8 Å². The van der Waals surface area contributed by atoms with Crippen LogP contribution in [0, 0.1) is 0 Å². The zero-order valence-electron chi connectivity index (χ0n) is 14.2. The summed E-state index contributed by atoms with van der Waals surface area (Å²) in [6, 6.07) is 14.9. The summed E-state index contributed by atoms with van der Waals surface area (Å²) < 4.78 is 46.3. The van der Waals surface area contributed by atoms with Crippen LogP contribution >= 0.6 is 11.6 Å². The van der Waals surface area contributed by atoms with Gasteiger partial charge in [0.2, 0.25) is 0 Å². The van der Waals surface area contributed by atoms with E-state index in [1.54, 1.807) is 30.3 Å². The minimum atomic E-state index is -4.58. The number of benzene rings is 2. The summed E-state index contributed by atoms with van der Waals surface area (Å²) >= 11 is 6.09. The van der Waals surface area contributed by atoms with Crippen LogP contribution in [0.1, 0.15) is 11.3 Å². The minimum absolute atomic E-state index is 0.121. The zero-order valence-corrected chi connectivity index (χ0v) is 14.9. The Bertz CT molecular complexity index is 1130. The highest BCUT2D eigenvalue weighted by molar-refractivity contribution is 6.31. The molecule has 0 saturated carbocycles. The van der Waals surface area contributed by atoms with Gasteiger partial charge in [0, 0.05) is 16.1 Å². The number of hydrogen-bond donors (Lipinski definition) is 0. The van der Waals surface area contributed by atoms with Crippen LogP contribution in [0.3, 0.4) is 0 Å². The van der Waals surface area contributed by atoms with Crippen molar-refractivity contribution >= 4 is 17.4 Å². The number of fused-ring (bicyclic) bond motifs is 1. The average molecular weight is 405 g/mol. The second-order valence-electron chi connectivity index (χ2n) is 5.90. The molecule has 0 amide bonds. The Labute approximate surface area is 162 Å². The van der Waals surface area contributed by atoms with E-state index in [-0.39, 0.29) is 18.1 Å². The van der Waals surface area contributed by atoms with Crippen molar-refractivity contribution < 1.29 is 17.9 Å². The third-order valence-electron chi connectivity index (χ3n) is 4.04. The van der Waals surface area contributed by atoms with Crippen molar-refractivity contribution in [3.8, 4) is 17.0 Å². The highest BCUT2D eigenvalue weighted by Gasteiger charge is 2.35. The van der Waals surface area contributed by atoms with E-state index >= 15 is 0 Å². The first kappa shape index (κ1) is 18.2. The summed E-state index contributed by atoms with van der Waals surface area (Å²) in [4.78, 5) is 7.92. The maximum absolute atomic E-state index is 13.3. The maximum Gasteiger partial charge on any atom is 0.433 e. The van der Waals surface area contributed by atoms with Crippen molar-refractivity contribution in [3.05, 3.63) is 77.2 Å². The Hall–Kier alpha value is -3.13. The number of ether oxygens (including phenoxy) is 1. The molecule has 0 aliphatic carbocycles. The molecule has 0 unspecified atom stereocenters. The van der Waals surface area contributed by atoms with Crippen molar-refractivity contribution in [3.63, 3.8) is 0 Å². The molecule has 0 bridgehead atoms. The second kappa shape index (κ2) is 7.12. The molecule has 2 aromatic carbocycles. The van der Waals surface area contributed by atoms with Crippen molar-refractivity contribution in [1.82, 2.24) is 19.6 Å². The Kier molecular flexibility index (Phi) is 4.64. The van der Waals surface area contributed by atoms with E-state index in [0.29, 0.717) is 20.9 Å². The van der Waals surface area contributed by atoms with E-state index < -0.39 is 11.9 Å². The molecule has 0 fully saturated rings. The lowest BCUT2D eigenvalue weighted by molar-refractivity contribution is -0.142. The van der Waals surface area contributed by atoms with Crippen LogP contribution in [0.4, 0.5) is 13.2 Å². The van der Waals surface area contributed by atoms with Crippen LogP contribution in [0.15, 0.2) is 60.9 Å². The molecule has 4 rings (SSSR count). The molecule has 0 N–H and O–H groups in total. The molecule has 0 radical (unpaired) electrons. The number of rotatable bonds is 4. The molecule has 2 heterocycles. The first-order valence-electron chi connectivity index (χ1n) is 8.16. The van der Waals surface area contributed by atoms with E-state index in [9.17, 15) is 13.2 Å². The Morgan fingerprint density at radius 2 is 1.79 bits per heavy atom. The normalized spacial score (nSPS) is 11.7. The number of aromatic nitrogens is 4. The third-order valence-corrected chi connectivity index (χ3v) is 4.41. The van der Waals surface area contributed by atoms with Gasteiger partial charge in [0.25, 0.3) is 5.78 Å². The monoisotopic (exact) mass is 404 g/mol. The molecule has 0 atom stereocenters. The van der Waals surface area contributed by atoms with E-state index in [1.165, 1.54) is 0 Å². The summed E-state index contributed by atoms with van der Waals surface area (Å²) in [6.07, 6.45) is -3.55. The second-order valence-corrected chi connectivity index (χ2v) is 6.31. The highest BCUT2D eigenvalue weighted by Crippen LogP contribution is 2.32. The number of halogens is 4. The minimum Gasteiger partial charge on any atom is -0.489 e. The van der Waals surface area contributed by atoms with Crippen LogP contribution in [0.25, 0.3) is 17.0 Å². The summed E-state index contributed by atoms with van der Waals surface area (Å²) in [5, 5.41) is 4.19. The van der Waals surface area contributed by atoms with E-state index in [2.05, 4.69) is 15.1 Å². The lowest BCUT2D eigenvalue weighted by Crippen LogP contribution is -2.13. The van der Waals surface area contributed by atoms with Crippen LogP contribution < -0.4 is 4.74 Å². The quantitative estimate of drug-likeness (QED) is 0.478. The predicted octanol–water partition coefficient (Wildman–Crippen LogP) is 5.04. The van der Waals surface area contributed by atoms with Gasteiger partial charge in [-0.25, -0.2) is 4.98 Å². The zero-order chi connectivity index (χ0) is 19.7. The van der Waals surface area contributed by atoms with Crippen LogP contribution in [0.5, 0.6) is 5.75 Å². The van der Waals surface area contributed by atoms with E-state index in [0.717, 1.165) is 18.0 Å². The lowest BCUT2D eigenvalue weighted by atomic mass is 10.1. The molecule has 142 valence electrons. The van der Waals surface area contributed by atoms with Gasteiger partial charge in [-0.3, -0.25) is 0 Å². The van der Waals surface area contributed by atoms with Crippen LogP contribution in [-0.2, 0) is 12.8 Å². The van der Waals surface area contributed by atoms with Crippen LogP contribution in [0.2, 0.25) is 5.02 Å². The smallest absolute Gasteiger partial charge is 0.433 e. The molecule has 0 saturated heterocycles. The van der Waals surface area contributed by atoms with Gasteiger partial charge < -0.3 is 4.74 Å². The highest BCUT2D eigenvalue weighted by atomic mass is 35.5. The third kappa shape index (κ3) is 3.63. The van der Waals surface area contributed by atoms with Gasteiger partial charge in [0.1, 0.15) is 18.7 Å².